The van der Waals surface area contributed by atoms with Crippen molar-refractivity contribution in [3.05, 3.63) is 60.7 Å². The van der Waals surface area contributed by atoms with Gasteiger partial charge in [0.25, 0.3) is 0 Å². The van der Waals surface area contributed by atoms with Crippen molar-refractivity contribution >= 4 is 11.4 Å². The predicted octanol–water partition coefficient (Wildman–Crippen LogP) is -0.143. The molecule has 0 aromatic heterocycles. The van der Waals surface area contributed by atoms with E-state index in [2.05, 4.69) is 29.2 Å². The van der Waals surface area contributed by atoms with Crippen molar-refractivity contribution in [2.24, 2.45) is 5.73 Å². The van der Waals surface area contributed by atoms with Crippen molar-refractivity contribution in [3.8, 4) is 0 Å². The minimum atomic E-state index is 0. The number of hydrogen-bond donors (Lipinski definition) is 1. The monoisotopic (exact) mass is 206 g/mol. The Balaban J connectivity index is 0.00000128. The van der Waals surface area contributed by atoms with Gasteiger partial charge in [0, 0.05) is 11.4 Å². The summed E-state index contributed by atoms with van der Waals surface area (Å²) in [6, 6.07) is 20.3. The van der Waals surface area contributed by atoms with Crippen LogP contribution in [0, 0.1) is 0 Å². The van der Waals surface area contributed by atoms with E-state index in [-0.39, 0.29) is 20.3 Å². The van der Waals surface area contributed by atoms with Crippen LogP contribution in [0.2, 0.25) is 0 Å². The number of hydrogen-bond acceptors (Lipinski definition) is 2. The summed E-state index contributed by atoms with van der Waals surface area (Å²) < 4.78 is 0. The maximum absolute atomic E-state index is 5.76. The standard InChI is InChI=1S/C13H14N2.Li.H/c14-11-15(12-7-3-1-4-8-12)13-9-5-2-6-10-13;;/h1-10H,11,14H2;;/q;+1;-1. The van der Waals surface area contributed by atoms with Crippen molar-refractivity contribution in [2.45, 2.75) is 0 Å². The molecule has 0 saturated heterocycles. The summed E-state index contributed by atoms with van der Waals surface area (Å²) in [4.78, 5) is 2.07. The van der Waals surface area contributed by atoms with Crippen LogP contribution < -0.4 is 29.5 Å². The second-order valence-electron chi connectivity index (χ2n) is 3.28. The average molecular weight is 206 g/mol. The Hall–Kier alpha value is -1.20. The van der Waals surface area contributed by atoms with Crippen LogP contribution in [0.1, 0.15) is 1.43 Å². The van der Waals surface area contributed by atoms with Gasteiger partial charge in [-0.15, -0.1) is 0 Å². The van der Waals surface area contributed by atoms with Gasteiger partial charge in [-0.2, -0.15) is 0 Å². The van der Waals surface area contributed by atoms with Gasteiger partial charge >= 0.3 is 18.9 Å². The van der Waals surface area contributed by atoms with Gasteiger partial charge in [0.15, 0.2) is 0 Å². The molecule has 0 saturated carbocycles. The maximum atomic E-state index is 5.76. The van der Waals surface area contributed by atoms with Crippen LogP contribution in [0.4, 0.5) is 11.4 Å². The number of nitrogens with two attached hydrogens (primary N) is 1. The van der Waals surface area contributed by atoms with E-state index < -0.39 is 0 Å². The quantitative estimate of drug-likeness (QED) is 0.559. The van der Waals surface area contributed by atoms with Gasteiger partial charge < -0.3 is 12.1 Å². The first kappa shape index (κ1) is 12.9. The number of nitrogens with zero attached hydrogens (tertiary/aromatic N) is 1. The first-order valence-electron chi connectivity index (χ1n) is 4.99. The molecule has 0 bridgehead atoms. The fourth-order valence-corrected chi connectivity index (χ4v) is 1.58. The molecule has 2 nitrogen and oxygen atoms in total. The molecule has 0 spiro atoms. The number of benzene rings is 2. The van der Waals surface area contributed by atoms with Gasteiger partial charge in [-0.25, -0.2) is 0 Å². The summed E-state index contributed by atoms with van der Waals surface area (Å²) in [6.07, 6.45) is 0. The maximum Gasteiger partial charge on any atom is 1.00 e. The molecule has 78 valence electrons. The molecule has 2 aromatic rings. The summed E-state index contributed by atoms with van der Waals surface area (Å²) in [5.41, 5.74) is 8.00. The Morgan fingerprint density at radius 3 is 1.50 bits per heavy atom. The predicted molar refractivity (Wildman–Crippen MR) is 65.2 cm³/mol. The molecular weight excluding hydrogens is 191 g/mol. The van der Waals surface area contributed by atoms with Crippen LogP contribution in [-0.2, 0) is 0 Å². The van der Waals surface area contributed by atoms with Crippen LogP contribution in [0.5, 0.6) is 0 Å². The molecule has 0 heterocycles. The third-order valence-electron chi connectivity index (χ3n) is 2.32. The molecule has 0 aliphatic rings. The molecule has 2 N–H and O–H groups in total. The Morgan fingerprint density at radius 1 is 0.812 bits per heavy atom. The van der Waals surface area contributed by atoms with E-state index in [1.54, 1.807) is 0 Å². The Morgan fingerprint density at radius 2 is 1.19 bits per heavy atom. The van der Waals surface area contributed by atoms with Crippen molar-refractivity contribution in [1.82, 2.24) is 0 Å². The van der Waals surface area contributed by atoms with Crippen molar-refractivity contribution in [2.75, 3.05) is 11.6 Å². The van der Waals surface area contributed by atoms with E-state index in [1.165, 1.54) is 0 Å². The number of para-hydroxylation sites is 2. The SMILES string of the molecule is NCN(c1ccccc1)c1ccccc1.[H-].[Li+]. The van der Waals surface area contributed by atoms with Crippen molar-refractivity contribution in [1.29, 1.82) is 0 Å². The Bertz CT molecular complexity index is 369. The summed E-state index contributed by atoms with van der Waals surface area (Å²) >= 11 is 0. The summed E-state index contributed by atoms with van der Waals surface area (Å²) in [7, 11) is 0. The van der Waals surface area contributed by atoms with Gasteiger partial charge in [-0.3, -0.25) is 0 Å². The Labute approximate surface area is 110 Å². The van der Waals surface area contributed by atoms with Crippen LogP contribution in [0.15, 0.2) is 60.7 Å². The van der Waals surface area contributed by atoms with Gasteiger partial charge in [0.05, 0.1) is 6.67 Å². The van der Waals surface area contributed by atoms with Gasteiger partial charge in [-0.1, -0.05) is 36.4 Å². The molecular formula is C13H15LiN2. The number of anilines is 2. The zero-order valence-corrected chi connectivity index (χ0v) is 9.51. The van der Waals surface area contributed by atoms with E-state index >= 15 is 0 Å². The van der Waals surface area contributed by atoms with Crippen LogP contribution in [0.3, 0.4) is 0 Å². The van der Waals surface area contributed by atoms with Gasteiger partial charge in [0.2, 0.25) is 0 Å². The fraction of sp³-hybridized carbons (Fsp3) is 0.0769. The summed E-state index contributed by atoms with van der Waals surface area (Å²) in [5, 5.41) is 0. The molecule has 0 unspecified atom stereocenters. The van der Waals surface area contributed by atoms with Crippen molar-refractivity contribution < 1.29 is 20.3 Å². The molecule has 3 heteroatoms. The van der Waals surface area contributed by atoms with E-state index in [0.717, 1.165) is 11.4 Å². The van der Waals surface area contributed by atoms with E-state index in [4.69, 9.17) is 5.73 Å². The molecule has 0 fully saturated rings. The van der Waals surface area contributed by atoms with Crippen LogP contribution in [-0.4, -0.2) is 6.67 Å². The van der Waals surface area contributed by atoms with E-state index in [9.17, 15) is 0 Å². The number of rotatable bonds is 3. The summed E-state index contributed by atoms with van der Waals surface area (Å²) in [6.45, 7) is 0.480. The zero-order chi connectivity index (χ0) is 10.5. The zero-order valence-electron chi connectivity index (χ0n) is 10.5. The minimum absolute atomic E-state index is 0. The molecule has 0 radical (unpaired) electrons. The average Bonchev–Trinajstić information content (AvgIpc) is 2.33. The topological polar surface area (TPSA) is 29.3 Å². The second-order valence-corrected chi connectivity index (χ2v) is 3.28. The molecule has 2 rings (SSSR count). The van der Waals surface area contributed by atoms with E-state index in [0.29, 0.717) is 6.67 Å². The first-order chi connectivity index (χ1) is 7.42. The normalized spacial score (nSPS) is 9.31. The molecule has 0 aliphatic carbocycles. The third-order valence-corrected chi connectivity index (χ3v) is 2.32. The molecule has 0 atom stereocenters. The third kappa shape index (κ3) is 2.90. The second kappa shape index (κ2) is 6.40. The van der Waals surface area contributed by atoms with Gasteiger partial charge in [-0.05, 0) is 24.3 Å². The van der Waals surface area contributed by atoms with Gasteiger partial charge in [0.1, 0.15) is 0 Å². The summed E-state index contributed by atoms with van der Waals surface area (Å²) in [5.74, 6) is 0. The fourth-order valence-electron chi connectivity index (χ4n) is 1.58. The molecule has 16 heavy (non-hydrogen) atoms. The minimum Gasteiger partial charge on any atom is -1.00 e. The molecule has 0 amide bonds. The largest absolute Gasteiger partial charge is 1.00 e. The van der Waals surface area contributed by atoms with Crippen molar-refractivity contribution in [3.63, 3.8) is 0 Å². The Kier molecular flexibility index (Phi) is 5.14. The van der Waals surface area contributed by atoms with E-state index in [1.807, 2.05) is 36.4 Å². The first-order valence-corrected chi connectivity index (χ1v) is 4.99. The van der Waals surface area contributed by atoms with Crippen LogP contribution >= 0.6 is 0 Å². The molecule has 2 aromatic carbocycles. The van der Waals surface area contributed by atoms with Crippen LogP contribution in [0.25, 0.3) is 0 Å². The molecule has 0 aliphatic heterocycles. The smallest absolute Gasteiger partial charge is 1.00 e.